The molecule has 2 saturated carbocycles. The second kappa shape index (κ2) is 8.78. The largest absolute Gasteiger partial charge is 0.430 e. The third-order valence-corrected chi connectivity index (χ3v) is 7.20. The molecule has 1 nitrogen and oxygen atoms in total. The summed E-state index contributed by atoms with van der Waals surface area (Å²) in [6.45, 7) is 4.03. The number of allylic oxidation sites excluding steroid dienone is 4. The molecule has 172 valence electrons. The maximum absolute atomic E-state index is 14.7. The molecule has 0 aromatic heterocycles. The topological polar surface area (TPSA) is 9.23 Å². The molecule has 0 radical (unpaired) electrons. The average molecular weight is 438 g/mol. The van der Waals surface area contributed by atoms with Gasteiger partial charge in [0.15, 0.2) is 5.76 Å². The lowest BCUT2D eigenvalue weighted by Gasteiger charge is -2.40. The first-order valence-electron chi connectivity index (χ1n) is 11.2. The molecule has 0 bridgehead atoms. The van der Waals surface area contributed by atoms with Gasteiger partial charge in [0.1, 0.15) is 0 Å². The minimum absolute atomic E-state index is 0.147. The molecule has 0 unspecified atom stereocenters. The summed E-state index contributed by atoms with van der Waals surface area (Å²) in [6, 6.07) is 0. The Bertz CT molecular complexity index is 653. The van der Waals surface area contributed by atoms with Gasteiger partial charge in [0.05, 0.1) is 5.92 Å². The Morgan fingerprint density at radius 1 is 0.900 bits per heavy atom. The fourth-order valence-corrected chi connectivity index (χ4v) is 5.20. The van der Waals surface area contributed by atoms with Gasteiger partial charge in [0, 0.05) is 5.57 Å². The summed E-state index contributed by atoms with van der Waals surface area (Å²) >= 11 is 0. The molecule has 0 amide bonds. The SMILES string of the molecule is CCCC1CCC(C(F)(F)OC2=CC=C(C3CCC(C)CC3)C(F)(F)C2(F)F)CC1. The molecule has 0 atom stereocenters. The van der Waals surface area contributed by atoms with E-state index in [1.54, 1.807) is 0 Å². The van der Waals surface area contributed by atoms with Gasteiger partial charge < -0.3 is 4.74 Å². The summed E-state index contributed by atoms with van der Waals surface area (Å²) < 4.78 is 92.5. The fourth-order valence-electron chi connectivity index (χ4n) is 5.20. The molecule has 3 rings (SSSR count). The van der Waals surface area contributed by atoms with E-state index < -0.39 is 41.1 Å². The first kappa shape index (κ1) is 23.5. The van der Waals surface area contributed by atoms with Crippen LogP contribution in [0.3, 0.4) is 0 Å². The van der Waals surface area contributed by atoms with Crippen LogP contribution >= 0.6 is 0 Å². The van der Waals surface area contributed by atoms with Crippen LogP contribution in [0.5, 0.6) is 0 Å². The Balaban J connectivity index is 1.75. The van der Waals surface area contributed by atoms with Crippen LogP contribution in [0.15, 0.2) is 23.5 Å². The molecule has 3 aliphatic carbocycles. The zero-order chi connectivity index (χ0) is 22.2. The van der Waals surface area contributed by atoms with E-state index in [2.05, 4.69) is 4.74 Å². The quantitative estimate of drug-likeness (QED) is 0.381. The van der Waals surface area contributed by atoms with Crippen molar-refractivity contribution in [1.29, 1.82) is 0 Å². The lowest BCUT2D eigenvalue weighted by Crippen LogP contribution is -2.49. The van der Waals surface area contributed by atoms with Crippen molar-refractivity contribution in [3.05, 3.63) is 23.5 Å². The molecule has 0 aromatic rings. The van der Waals surface area contributed by atoms with Crippen molar-refractivity contribution in [3.63, 3.8) is 0 Å². The highest BCUT2D eigenvalue weighted by Crippen LogP contribution is 2.54. The summed E-state index contributed by atoms with van der Waals surface area (Å²) in [7, 11) is 0. The summed E-state index contributed by atoms with van der Waals surface area (Å²) in [5.74, 6) is -12.1. The van der Waals surface area contributed by atoms with Crippen LogP contribution in [0.25, 0.3) is 0 Å². The van der Waals surface area contributed by atoms with Crippen molar-refractivity contribution in [3.8, 4) is 0 Å². The fraction of sp³-hybridized carbons (Fsp3) is 0.826. The van der Waals surface area contributed by atoms with Gasteiger partial charge in [0.2, 0.25) is 0 Å². The van der Waals surface area contributed by atoms with E-state index in [1.165, 1.54) is 0 Å². The first-order valence-corrected chi connectivity index (χ1v) is 11.2. The molecule has 0 saturated heterocycles. The smallest absolute Gasteiger partial charge is 0.400 e. The van der Waals surface area contributed by atoms with Crippen molar-refractivity contribution in [2.45, 2.75) is 96.0 Å². The Morgan fingerprint density at radius 3 is 2.07 bits per heavy atom. The van der Waals surface area contributed by atoms with Crippen LogP contribution in [0, 0.1) is 23.7 Å². The number of hydrogen-bond acceptors (Lipinski definition) is 1. The van der Waals surface area contributed by atoms with Crippen molar-refractivity contribution < 1.29 is 31.1 Å². The zero-order valence-electron chi connectivity index (χ0n) is 17.7. The van der Waals surface area contributed by atoms with Crippen LogP contribution in [-0.2, 0) is 4.74 Å². The van der Waals surface area contributed by atoms with Gasteiger partial charge in [-0.25, -0.2) is 0 Å². The van der Waals surface area contributed by atoms with Crippen LogP contribution < -0.4 is 0 Å². The van der Waals surface area contributed by atoms with Gasteiger partial charge in [-0.1, -0.05) is 45.6 Å². The zero-order valence-corrected chi connectivity index (χ0v) is 17.7. The van der Waals surface area contributed by atoms with E-state index in [1.807, 2.05) is 13.8 Å². The second-order valence-corrected chi connectivity index (χ2v) is 9.43. The molecular formula is C23H32F6O. The average Bonchev–Trinajstić information content (AvgIpc) is 2.68. The standard InChI is InChI=1S/C23H32F6O/c1-3-4-16-7-11-18(12-8-16)23(28,29)30-20-14-13-19(21(24,25)22(20,26)27)17-9-5-15(2)6-10-17/h13-18H,3-12H2,1-2H3. The Morgan fingerprint density at radius 2 is 1.50 bits per heavy atom. The summed E-state index contributed by atoms with van der Waals surface area (Å²) in [5, 5.41) is 0. The van der Waals surface area contributed by atoms with Gasteiger partial charge in [0.25, 0.3) is 0 Å². The van der Waals surface area contributed by atoms with Gasteiger partial charge in [-0.05, 0) is 62.4 Å². The van der Waals surface area contributed by atoms with Crippen molar-refractivity contribution in [1.82, 2.24) is 0 Å². The normalized spacial score (nSPS) is 34.1. The number of halogens is 6. The number of alkyl halides is 6. The molecule has 7 heteroatoms. The first-order chi connectivity index (χ1) is 14.0. The van der Waals surface area contributed by atoms with E-state index in [0.717, 1.165) is 18.9 Å². The molecule has 0 heterocycles. The Labute approximate surface area is 174 Å². The summed E-state index contributed by atoms with van der Waals surface area (Å²) in [5.41, 5.74) is -0.657. The third-order valence-electron chi connectivity index (χ3n) is 7.20. The minimum atomic E-state index is -4.79. The summed E-state index contributed by atoms with van der Waals surface area (Å²) in [6.07, 6.45) is 3.18. The molecule has 0 spiro atoms. The molecule has 2 fully saturated rings. The van der Waals surface area contributed by atoms with Crippen molar-refractivity contribution >= 4 is 0 Å². The highest BCUT2D eigenvalue weighted by molar-refractivity contribution is 5.37. The van der Waals surface area contributed by atoms with E-state index in [9.17, 15) is 26.3 Å². The third kappa shape index (κ3) is 4.55. The van der Waals surface area contributed by atoms with Gasteiger partial charge >= 0.3 is 18.0 Å². The Hall–Kier alpha value is -1.14. The molecule has 0 aliphatic heterocycles. The van der Waals surface area contributed by atoms with Crippen LogP contribution in [0.2, 0.25) is 0 Å². The molecule has 30 heavy (non-hydrogen) atoms. The van der Waals surface area contributed by atoms with Gasteiger partial charge in [-0.2, -0.15) is 26.3 Å². The second-order valence-electron chi connectivity index (χ2n) is 9.43. The maximum atomic E-state index is 14.7. The Kier molecular flexibility index (Phi) is 6.88. The number of hydrogen-bond donors (Lipinski definition) is 0. The van der Waals surface area contributed by atoms with Crippen molar-refractivity contribution in [2.75, 3.05) is 0 Å². The highest BCUT2D eigenvalue weighted by Gasteiger charge is 2.66. The summed E-state index contributed by atoms with van der Waals surface area (Å²) in [4.78, 5) is 0. The molecule has 0 aromatic carbocycles. The predicted molar refractivity (Wildman–Crippen MR) is 104 cm³/mol. The van der Waals surface area contributed by atoms with Crippen LogP contribution in [0.4, 0.5) is 26.3 Å². The van der Waals surface area contributed by atoms with Gasteiger partial charge in [-0.3, -0.25) is 0 Å². The maximum Gasteiger partial charge on any atom is 0.400 e. The van der Waals surface area contributed by atoms with E-state index in [-0.39, 0.29) is 12.8 Å². The molecule has 3 aliphatic rings. The van der Waals surface area contributed by atoms with Crippen molar-refractivity contribution in [2.24, 2.45) is 23.7 Å². The minimum Gasteiger partial charge on any atom is -0.430 e. The number of ether oxygens (including phenoxy) is 1. The van der Waals surface area contributed by atoms with E-state index >= 15 is 0 Å². The number of rotatable bonds is 6. The van der Waals surface area contributed by atoms with Gasteiger partial charge in [-0.15, -0.1) is 0 Å². The lowest BCUT2D eigenvalue weighted by atomic mass is 9.75. The monoisotopic (exact) mass is 438 g/mol. The van der Waals surface area contributed by atoms with E-state index in [0.29, 0.717) is 56.4 Å². The molecule has 0 N–H and O–H groups in total. The van der Waals surface area contributed by atoms with Crippen LogP contribution in [-0.4, -0.2) is 18.0 Å². The van der Waals surface area contributed by atoms with E-state index in [4.69, 9.17) is 0 Å². The lowest BCUT2D eigenvalue weighted by molar-refractivity contribution is -0.288. The predicted octanol–water partition coefficient (Wildman–Crippen LogP) is 8.12. The molecular weight excluding hydrogens is 406 g/mol. The highest BCUT2D eigenvalue weighted by atomic mass is 19.3. The van der Waals surface area contributed by atoms with Crippen LogP contribution in [0.1, 0.15) is 78.1 Å².